The summed E-state index contributed by atoms with van der Waals surface area (Å²) in [5.74, 6) is 0. The van der Waals surface area contributed by atoms with E-state index < -0.39 is 10.0 Å². The largest absolute Gasteiger partial charge is 0.222 e. The summed E-state index contributed by atoms with van der Waals surface area (Å²) in [5.41, 5.74) is 2.12. The van der Waals surface area contributed by atoms with E-state index in [4.69, 9.17) is 0 Å². The fourth-order valence-electron chi connectivity index (χ4n) is 1.22. The molecule has 0 spiro atoms. The zero-order valence-corrected chi connectivity index (χ0v) is 11.1. The lowest BCUT2D eigenvalue weighted by atomic mass is 10.1. The van der Waals surface area contributed by atoms with Crippen molar-refractivity contribution in [3.63, 3.8) is 0 Å². The normalized spacial score (nSPS) is 13.8. The number of hydrogen-bond acceptors (Lipinski definition) is 2. The minimum atomic E-state index is -3.21. The maximum absolute atomic E-state index is 11.3. The smallest absolute Gasteiger partial charge is 0.212 e. The summed E-state index contributed by atoms with van der Waals surface area (Å²) in [6, 6.07) is 7.59. The summed E-state index contributed by atoms with van der Waals surface area (Å²) >= 11 is 2.93. The summed E-state index contributed by atoms with van der Waals surface area (Å²) in [5, 5.41) is 0. The number of sulfonamides is 1. The summed E-state index contributed by atoms with van der Waals surface area (Å²) in [6.45, 7) is 3.82. The lowest BCUT2D eigenvalue weighted by molar-refractivity contribution is 0.572. The van der Waals surface area contributed by atoms with Gasteiger partial charge in [-0.15, -0.1) is 0 Å². The Hall–Kier alpha value is -0.390. The van der Waals surface area contributed by atoms with Crippen molar-refractivity contribution in [1.29, 1.82) is 0 Å². The third-order valence-electron chi connectivity index (χ3n) is 2.08. The molecule has 1 aromatic rings. The van der Waals surface area contributed by atoms with Crippen molar-refractivity contribution in [3.05, 3.63) is 35.4 Å². The summed E-state index contributed by atoms with van der Waals surface area (Å²) < 4.78 is 25.1. The Morgan fingerprint density at radius 2 is 1.87 bits per heavy atom. The number of hydrogen-bond donors (Lipinski definition) is 1. The maximum Gasteiger partial charge on any atom is 0.222 e. The van der Waals surface area contributed by atoms with E-state index in [0.717, 1.165) is 11.1 Å². The van der Waals surface area contributed by atoms with Gasteiger partial charge >= 0.3 is 0 Å². The van der Waals surface area contributed by atoms with Gasteiger partial charge in [-0.1, -0.05) is 45.8 Å². The Morgan fingerprint density at radius 3 is 2.33 bits per heavy atom. The Balaban J connectivity index is 2.78. The first-order valence-electron chi connectivity index (χ1n) is 4.57. The second kappa shape index (κ2) is 5.09. The molecule has 1 N–H and O–H groups in total. The van der Waals surface area contributed by atoms with E-state index in [1.807, 2.05) is 38.1 Å². The van der Waals surface area contributed by atoms with Crippen molar-refractivity contribution in [2.24, 2.45) is 0 Å². The standard InChI is InChI=1S/C10H14BrNO2S/c1-8-3-5-10(6-4-8)9(2)12-15(13,14)7-11/h3-6,9,12H,7H2,1-2H3/t9-/m0/s1. The van der Waals surface area contributed by atoms with Crippen molar-refractivity contribution in [3.8, 4) is 0 Å². The van der Waals surface area contributed by atoms with Gasteiger partial charge in [-0.2, -0.15) is 0 Å². The van der Waals surface area contributed by atoms with E-state index in [0.29, 0.717) is 0 Å². The SMILES string of the molecule is Cc1ccc([C@H](C)NS(=O)(=O)CBr)cc1. The molecule has 0 saturated carbocycles. The molecule has 15 heavy (non-hydrogen) atoms. The predicted octanol–water partition coefficient (Wildman–Crippen LogP) is 2.33. The van der Waals surface area contributed by atoms with Crippen LogP contribution in [0.5, 0.6) is 0 Å². The number of halogens is 1. The highest BCUT2D eigenvalue weighted by Gasteiger charge is 2.13. The average molecular weight is 292 g/mol. The highest BCUT2D eigenvalue weighted by Crippen LogP contribution is 2.14. The van der Waals surface area contributed by atoms with Gasteiger partial charge in [0.2, 0.25) is 10.0 Å². The molecule has 1 atom stereocenters. The molecular formula is C10H14BrNO2S. The van der Waals surface area contributed by atoms with Gasteiger partial charge in [-0.25, -0.2) is 13.1 Å². The molecule has 0 aliphatic rings. The van der Waals surface area contributed by atoms with Crippen LogP contribution in [0.3, 0.4) is 0 Å². The molecule has 84 valence electrons. The highest BCUT2D eigenvalue weighted by molar-refractivity contribution is 9.10. The van der Waals surface area contributed by atoms with Gasteiger partial charge in [0.25, 0.3) is 0 Å². The van der Waals surface area contributed by atoms with Crippen molar-refractivity contribution >= 4 is 26.0 Å². The van der Waals surface area contributed by atoms with Crippen LogP contribution in [-0.4, -0.2) is 13.1 Å². The second-order valence-electron chi connectivity index (χ2n) is 3.47. The van der Waals surface area contributed by atoms with Crippen LogP contribution >= 0.6 is 15.9 Å². The first-order valence-corrected chi connectivity index (χ1v) is 7.34. The fourth-order valence-corrected chi connectivity index (χ4v) is 2.36. The van der Waals surface area contributed by atoms with E-state index in [2.05, 4.69) is 20.7 Å². The first-order chi connectivity index (χ1) is 6.94. The molecule has 0 unspecified atom stereocenters. The van der Waals surface area contributed by atoms with Gasteiger partial charge in [0.1, 0.15) is 4.66 Å². The zero-order chi connectivity index (χ0) is 11.5. The third kappa shape index (κ3) is 3.93. The number of benzene rings is 1. The minimum absolute atomic E-state index is 0.0732. The van der Waals surface area contributed by atoms with Crippen LogP contribution in [0, 0.1) is 6.92 Å². The van der Waals surface area contributed by atoms with Crippen LogP contribution in [0.15, 0.2) is 24.3 Å². The average Bonchev–Trinajstić information content (AvgIpc) is 2.18. The number of rotatable bonds is 4. The lowest BCUT2D eigenvalue weighted by Crippen LogP contribution is -2.27. The molecule has 0 aliphatic carbocycles. The van der Waals surface area contributed by atoms with E-state index >= 15 is 0 Å². The van der Waals surface area contributed by atoms with Crippen molar-refractivity contribution < 1.29 is 8.42 Å². The van der Waals surface area contributed by atoms with Gasteiger partial charge < -0.3 is 0 Å². The molecule has 0 amide bonds. The summed E-state index contributed by atoms with van der Waals surface area (Å²) in [7, 11) is -3.21. The van der Waals surface area contributed by atoms with Crippen LogP contribution < -0.4 is 4.72 Å². The summed E-state index contributed by atoms with van der Waals surface area (Å²) in [4.78, 5) is 0. The van der Waals surface area contributed by atoms with E-state index in [-0.39, 0.29) is 10.7 Å². The van der Waals surface area contributed by atoms with Crippen molar-refractivity contribution in [1.82, 2.24) is 4.72 Å². The Labute approximate surface area is 99.1 Å². The van der Waals surface area contributed by atoms with Gasteiger partial charge in [-0.05, 0) is 19.4 Å². The van der Waals surface area contributed by atoms with E-state index in [1.54, 1.807) is 0 Å². The fraction of sp³-hybridized carbons (Fsp3) is 0.400. The predicted molar refractivity (Wildman–Crippen MR) is 65.4 cm³/mol. The van der Waals surface area contributed by atoms with Crippen molar-refractivity contribution in [2.45, 2.75) is 19.9 Å². The van der Waals surface area contributed by atoms with Gasteiger partial charge in [0, 0.05) is 6.04 Å². The molecule has 0 radical (unpaired) electrons. The molecule has 0 fully saturated rings. The molecule has 5 heteroatoms. The minimum Gasteiger partial charge on any atom is -0.212 e. The van der Waals surface area contributed by atoms with Gasteiger partial charge in [-0.3, -0.25) is 0 Å². The number of aryl methyl sites for hydroxylation is 1. The molecule has 1 aromatic carbocycles. The van der Waals surface area contributed by atoms with Crippen LogP contribution in [-0.2, 0) is 10.0 Å². The molecule has 3 nitrogen and oxygen atoms in total. The molecule has 0 heterocycles. The summed E-state index contributed by atoms with van der Waals surface area (Å²) in [6.07, 6.45) is 0. The number of nitrogens with one attached hydrogen (secondary N) is 1. The quantitative estimate of drug-likeness (QED) is 0.866. The Morgan fingerprint density at radius 1 is 1.33 bits per heavy atom. The van der Waals surface area contributed by atoms with Gasteiger partial charge in [0.05, 0.1) is 0 Å². The highest BCUT2D eigenvalue weighted by atomic mass is 79.9. The molecule has 0 aliphatic heterocycles. The Bertz CT molecular complexity index is 414. The Kier molecular flexibility index (Phi) is 4.31. The molecule has 1 rings (SSSR count). The molecular weight excluding hydrogens is 278 g/mol. The molecule has 0 aromatic heterocycles. The van der Waals surface area contributed by atoms with Crippen LogP contribution in [0.1, 0.15) is 24.1 Å². The monoisotopic (exact) mass is 291 g/mol. The van der Waals surface area contributed by atoms with Crippen LogP contribution in [0.25, 0.3) is 0 Å². The third-order valence-corrected chi connectivity index (χ3v) is 4.89. The van der Waals surface area contributed by atoms with E-state index in [1.165, 1.54) is 0 Å². The van der Waals surface area contributed by atoms with Crippen LogP contribution in [0.2, 0.25) is 0 Å². The van der Waals surface area contributed by atoms with Crippen LogP contribution in [0.4, 0.5) is 0 Å². The zero-order valence-electron chi connectivity index (χ0n) is 8.70. The lowest BCUT2D eigenvalue weighted by Gasteiger charge is -2.13. The molecule has 0 saturated heterocycles. The topological polar surface area (TPSA) is 46.2 Å². The van der Waals surface area contributed by atoms with Gasteiger partial charge in [0.15, 0.2) is 0 Å². The van der Waals surface area contributed by atoms with E-state index in [9.17, 15) is 8.42 Å². The first kappa shape index (κ1) is 12.7. The maximum atomic E-state index is 11.3. The number of alkyl halides is 1. The second-order valence-corrected chi connectivity index (χ2v) is 6.53. The molecule has 0 bridgehead atoms. The van der Waals surface area contributed by atoms with Crippen molar-refractivity contribution in [2.75, 3.05) is 4.66 Å².